The van der Waals surface area contributed by atoms with E-state index >= 15 is 0 Å². The third kappa shape index (κ3) is 2.54. The van der Waals surface area contributed by atoms with Crippen molar-refractivity contribution in [3.05, 3.63) is 42.4 Å². The summed E-state index contributed by atoms with van der Waals surface area (Å²) in [4.78, 5) is 12.3. The molecular weight excluding hydrogens is 222 g/mol. The molecule has 80 valence electrons. The van der Waals surface area contributed by atoms with E-state index in [4.69, 9.17) is 11.1 Å². The van der Waals surface area contributed by atoms with Gasteiger partial charge >= 0.3 is 0 Å². The third-order valence-electron chi connectivity index (χ3n) is 1.79. The molecule has 0 atom stereocenters. The number of rotatable bonds is 3. The zero-order chi connectivity index (χ0) is 11.4. The van der Waals surface area contributed by atoms with Crippen molar-refractivity contribution in [2.45, 2.75) is 10.2 Å². The second-order valence-corrected chi connectivity index (χ2v) is 3.92. The Bertz CT molecular complexity index is 482. The highest BCUT2D eigenvalue weighted by Crippen LogP contribution is 2.21. The predicted octanol–water partition coefficient (Wildman–Crippen LogP) is 1.31. The van der Waals surface area contributed by atoms with Gasteiger partial charge in [-0.1, -0.05) is 0 Å². The summed E-state index contributed by atoms with van der Waals surface area (Å²) in [5.74, 6) is 0.0139. The first-order chi connectivity index (χ1) is 7.75. The van der Waals surface area contributed by atoms with Crippen LogP contribution >= 0.6 is 11.8 Å². The maximum atomic E-state index is 7.23. The molecule has 5 nitrogen and oxygen atoms in total. The van der Waals surface area contributed by atoms with Crippen LogP contribution in [0.3, 0.4) is 0 Å². The number of nitrogens with two attached hydrogens (primary N) is 1. The Labute approximate surface area is 96.7 Å². The second kappa shape index (κ2) is 4.71. The molecule has 3 N–H and O–H groups in total. The van der Waals surface area contributed by atoms with Gasteiger partial charge in [-0.15, -0.1) is 0 Å². The highest BCUT2D eigenvalue weighted by molar-refractivity contribution is 7.99. The smallest absolute Gasteiger partial charge is 0.193 e. The zero-order valence-electron chi connectivity index (χ0n) is 8.29. The lowest BCUT2D eigenvalue weighted by molar-refractivity contribution is 0.960. The summed E-state index contributed by atoms with van der Waals surface area (Å²) in [5, 5.41) is 8.65. The highest BCUT2D eigenvalue weighted by atomic mass is 32.2. The van der Waals surface area contributed by atoms with Gasteiger partial charge in [0, 0.05) is 24.2 Å². The number of pyridine rings is 1. The molecule has 0 amide bonds. The van der Waals surface area contributed by atoms with Crippen molar-refractivity contribution in [2.24, 2.45) is 5.73 Å². The van der Waals surface area contributed by atoms with Crippen LogP contribution in [0, 0.1) is 5.41 Å². The number of nitrogens with one attached hydrogen (secondary N) is 1. The molecule has 0 radical (unpaired) electrons. The lowest BCUT2D eigenvalue weighted by atomic mass is 10.3. The van der Waals surface area contributed by atoms with Crippen LogP contribution in [-0.2, 0) is 0 Å². The molecular formula is C10H9N5S. The van der Waals surface area contributed by atoms with Crippen molar-refractivity contribution in [2.75, 3.05) is 0 Å². The minimum Gasteiger partial charge on any atom is -0.384 e. The van der Waals surface area contributed by atoms with Crippen LogP contribution in [0.5, 0.6) is 0 Å². The normalized spacial score (nSPS) is 10.0. The van der Waals surface area contributed by atoms with Crippen LogP contribution in [0.1, 0.15) is 5.56 Å². The van der Waals surface area contributed by atoms with E-state index < -0.39 is 0 Å². The first kappa shape index (κ1) is 10.6. The SMILES string of the molecule is N=C(N)c1ccc(Sc2ncccn2)nc1. The first-order valence-electron chi connectivity index (χ1n) is 4.51. The van der Waals surface area contributed by atoms with E-state index in [1.165, 1.54) is 11.8 Å². The Kier molecular flexibility index (Phi) is 3.11. The number of aromatic nitrogens is 3. The number of hydrogen-bond acceptors (Lipinski definition) is 5. The topological polar surface area (TPSA) is 88.5 Å². The van der Waals surface area contributed by atoms with Crippen LogP contribution < -0.4 is 5.73 Å². The molecule has 0 aliphatic heterocycles. The van der Waals surface area contributed by atoms with Crippen molar-refractivity contribution >= 4 is 17.6 Å². The maximum Gasteiger partial charge on any atom is 0.193 e. The van der Waals surface area contributed by atoms with Crippen LogP contribution in [0.25, 0.3) is 0 Å². The summed E-state index contributed by atoms with van der Waals surface area (Å²) >= 11 is 1.36. The van der Waals surface area contributed by atoms with Crippen LogP contribution in [0.15, 0.2) is 47.0 Å². The van der Waals surface area contributed by atoms with Crippen LogP contribution in [0.2, 0.25) is 0 Å². The minimum atomic E-state index is 0.0139. The second-order valence-electron chi connectivity index (χ2n) is 2.93. The Morgan fingerprint density at radius 1 is 1.19 bits per heavy atom. The molecule has 2 rings (SSSR count). The molecule has 2 aromatic rings. The molecule has 0 spiro atoms. The molecule has 0 fully saturated rings. The molecule has 0 aromatic carbocycles. The van der Waals surface area contributed by atoms with E-state index in [9.17, 15) is 0 Å². The van der Waals surface area contributed by atoms with Crippen LogP contribution in [-0.4, -0.2) is 20.8 Å². The van der Waals surface area contributed by atoms with Gasteiger partial charge in [0.1, 0.15) is 10.9 Å². The molecule has 0 aliphatic rings. The van der Waals surface area contributed by atoms with Gasteiger partial charge in [0.15, 0.2) is 5.16 Å². The molecule has 0 saturated heterocycles. The number of nitrogens with zero attached hydrogens (tertiary/aromatic N) is 3. The molecule has 16 heavy (non-hydrogen) atoms. The maximum absolute atomic E-state index is 7.23. The van der Waals surface area contributed by atoms with Gasteiger partial charge < -0.3 is 5.73 Å². The average molecular weight is 231 g/mol. The molecule has 0 bridgehead atoms. The van der Waals surface area contributed by atoms with E-state index in [0.29, 0.717) is 10.7 Å². The number of nitrogen functional groups attached to an aromatic ring is 1. The largest absolute Gasteiger partial charge is 0.384 e. The van der Waals surface area contributed by atoms with Crippen LogP contribution in [0.4, 0.5) is 0 Å². The fraction of sp³-hybridized carbons (Fsp3) is 0. The summed E-state index contributed by atoms with van der Waals surface area (Å²) in [7, 11) is 0. The fourth-order valence-electron chi connectivity index (χ4n) is 1.03. The number of hydrogen-bond donors (Lipinski definition) is 2. The van der Waals surface area contributed by atoms with E-state index in [0.717, 1.165) is 5.03 Å². The monoisotopic (exact) mass is 231 g/mol. The summed E-state index contributed by atoms with van der Waals surface area (Å²) in [6.45, 7) is 0. The van der Waals surface area contributed by atoms with Gasteiger partial charge in [0.05, 0.1) is 0 Å². The van der Waals surface area contributed by atoms with Gasteiger partial charge in [-0.3, -0.25) is 5.41 Å². The lowest BCUT2D eigenvalue weighted by Crippen LogP contribution is -2.11. The standard InChI is InChI=1S/C10H9N5S/c11-9(12)7-2-3-8(15-6-7)16-10-13-4-1-5-14-10/h1-6H,(H3,11,12). The van der Waals surface area contributed by atoms with Crippen molar-refractivity contribution in [1.82, 2.24) is 15.0 Å². The van der Waals surface area contributed by atoms with Gasteiger partial charge in [0.2, 0.25) is 0 Å². The van der Waals surface area contributed by atoms with E-state index in [-0.39, 0.29) is 5.84 Å². The van der Waals surface area contributed by atoms with Gasteiger partial charge in [-0.05, 0) is 30.0 Å². The van der Waals surface area contributed by atoms with Crippen molar-refractivity contribution in [3.8, 4) is 0 Å². The van der Waals surface area contributed by atoms with E-state index in [2.05, 4.69) is 15.0 Å². The highest BCUT2D eigenvalue weighted by Gasteiger charge is 2.02. The van der Waals surface area contributed by atoms with Crippen molar-refractivity contribution in [1.29, 1.82) is 5.41 Å². The fourth-order valence-corrected chi connectivity index (χ4v) is 1.69. The first-order valence-corrected chi connectivity index (χ1v) is 5.32. The van der Waals surface area contributed by atoms with Gasteiger partial charge in [-0.25, -0.2) is 15.0 Å². The Morgan fingerprint density at radius 3 is 2.50 bits per heavy atom. The average Bonchev–Trinajstić information content (AvgIpc) is 2.31. The molecule has 2 aromatic heterocycles. The summed E-state index contributed by atoms with van der Waals surface area (Å²) in [5.41, 5.74) is 5.94. The van der Waals surface area contributed by atoms with Gasteiger partial charge in [0.25, 0.3) is 0 Å². The summed E-state index contributed by atoms with van der Waals surface area (Å²) < 4.78 is 0. The molecule has 0 saturated carbocycles. The molecule has 6 heteroatoms. The zero-order valence-corrected chi connectivity index (χ0v) is 9.11. The predicted molar refractivity (Wildman–Crippen MR) is 61.4 cm³/mol. The quantitative estimate of drug-likeness (QED) is 0.472. The summed E-state index contributed by atoms with van der Waals surface area (Å²) in [6.07, 6.45) is 4.92. The van der Waals surface area contributed by atoms with E-state index in [1.54, 1.807) is 36.8 Å². The van der Waals surface area contributed by atoms with Crippen molar-refractivity contribution in [3.63, 3.8) is 0 Å². The Balaban J connectivity index is 2.14. The van der Waals surface area contributed by atoms with E-state index in [1.807, 2.05) is 0 Å². The lowest BCUT2D eigenvalue weighted by Gasteiger charge is -2.00. The molecule has 0 aliphatic carbocycles. The minimum absolute atomic E-state index is 0.0139. The number of amidine groups is 1. The summed E-state index contributed by atoms with van der Waals surface area (Å²) in [6, 6.07) is 5.30. The van der Waals surface area contributed by atoms with Crippen molar-refractivity contribution < 1.29 is 0 Å². The van der Waals surface area contributed by atoms with Gasteiger partial charge in [-0.2, -0.15) is 0 Å². The Morgan fingerprint density at radius 2 is 1.94 bits per heavy atom. The Hall–Kier alpha value is -1.95. The third-order valence-corrected chi connectivity index (χ3v) is 2.63. The molecule has 2 heterocycles. The molecule has 0 unspecified atom stereocenters.